The molecule has 0 fully saturated rings. The Balaban J connectivity index is 2.21. The van der Waals surface area contributed by atoms with Crippen LogP contribution in [0.5, 0.6) is 0 Å². The minimum Gasteiger partial charge on any atom is -0.424 e. The number of hydrogen-bond acceptors (Lipinski definition) is 3. The van der Waals surface area contributed by atoms with Gasteiger partial charge in [-0.3, -0.25) is 0 Å². The van der Waals surface area contributed by atoms with Crippen LogP contribution in [-0.4, -0.2) is 5.97 Å². The molecule has 0 bridgehead atoms. The highest BCUT2D eigenvalue weighted by molar-refractivity contribution is 6.07. The van der Waals surface area contributed by atoms with Crippen LogP contribution in [0.25, 0.3) is 11.3 Å². The molecule has 0 radical (unpaired) electrons. The maximum absolute atomic E-state index is 11.9. The van der Waals surface area contributed by atoms with E-state index in [9.17, 15) is 10.1 Å². The second kappa shape index (κ2) is 5.02. The predicted molar refractivity (Wildman–Crippen MR) is 74.9 cm³/mol. The zero-order valence-corrected chi connectivity index (χ0v) is 10.6. The third-order valence-corrected chi connectivity index (χ3v) is 3.22. The van der Waals surface area contributed by atoms with E-state index in [0.717, 1.165) is 11.1 Å². The number of nitrogens with zero attached hydrogens (tertiary/aromatic N) is 1. The summed E-state index contributed by atoms with van der Waals surface area (Å²) in [5.41, 5.74) is 2.28. The van der Waals surface area contributed by atoms with Gasteiger partial charge in [0.05, 0.1) is 6.07 Å². The number of rotatable bonds is 2. The Hall–Kier alpha value is -2.86. The molecule has 1 atom stereocenters. The fourth-order valence-electron chi connectivity index (χ4n) is 2.30. The second-order valence-corrected chi connectivity index (χ2v) is 4.46. The van der Waals surface area contributed by atoms with E-state index in [0.29, 0.717) is 11.3 Å². The molecule has 0 unspecified atom stereocenters. The topological polar surface area (TPSA) is 50.1 Å². The van der Waals surface area contributed by atoms with Gasteiger partial charge < -0.3 is 4.74 Å². The SMILES string of the molecule is N#C[C@H]1C(=O)OC(c2ccccc2)=C1c1ccccc1. The van der Waals surface area contributed by atoms with Crippen LogP contribution in [0.1, 0.15) is 11.1 Å². The maximum atomic E-state index is 11.9. The van der Waals surface area contributed by atoms with Gasteiger partial charge in [0.15, 0.2) is 5.92 Å². The van der Waals surface area contributed by atoms with Crippen molar-refractivity contribution in [1.82, 2.24) is 0 Å². The summed E-state index contributed by atoms with van der Waals surface area (Å²) in [6.07, 6.45) is 0. The van der Waals surface area contributed by atoms with Crippen LogP contribution in [0.3, 0.4) is 0 Å². The molecule has 2 aromatic carbocycles. The molecule has 96 valence electrons. The van der Waals surface area contributed by atoms with E-state index >= 15 is 0 Å². The predicted octanol–water partition coefficient (Wildman–Crippen LogP) is 3.25. The van der Waals surface area contributed by atoms with Gasteiger partial charge in [0.1, 0.15) is 5.76 Å². The Morgan fingerprint density at radius 1 is 0.900 bits per heavy atom. The minimum atomic E-state index is -0.868. The first-order valence-corrected chi connectivity index (χ1v) is 6.27. The van der Waals surface area contributed by atoms with Crippen LogP contribution >= 0.6 is 0 Å². The summed E-state index contributed by atoms with van der Waals surface area (Å²) < 4.78 is 5.34. The Bertz CT molecular complexity index is 712. The summed E-state index contributed by atoms with van der Waals surface area (Å²) >= 11 is 0. The molecule has 3 heteroatoms. The first-order valence-electron chi connectivity index (χ1n) is 6.27. The molecule has 0 spiro atoms. The molecule has 1 aliphatic heterocycles. The second-order valence-electron chi connectivity index (χ2n) is 4.46. The van der Waals surface area contributed by atoms with Gasteiger partial charge in [-0.15, -0.1) is 0 Å². The number of nitriles is 1. The molecule has 0 N–H and O–H groups in total. The van der Waals surface area contributed by atoms with Gasteiger partial charge in [0, 0.05) is 11.1 Å². The average molecular weight is 261 g/mol. The lowest BCUT2D eigenvalue weighted by atomic mass is 9.92. The standard InChI is InChI=1S/C17H11NO2/c18-11-14-15(12-7-3-1-4-8-12)16(20-17(14)19)13-9-5-2-6-10-13/h1-10,14H/t14-/m1/s1. The van der Waals surface area contributed by atoms with E-state index in [-0.39, 0.29) is 0 Å². The number of carbonyl (C=O) groups is 1. The van der Waals surface area contributed by atoms with Gasteiger partial charge in [0.2, 0.25) is 0 Å². The third kappa shape index (κ3) is 1.98. The van der Waals surface area contributed by atoms with E-state index in [1.165, 1.54) is 0 Å². The molecule has 3 rings (SSSR count). The fraction of sp³-hybridized carbons (Fsp3) is 0.0588. The number of hydrogen-bond donors (Lipinski definition) is 0. The maximum Gasteiger partial charge on any atom is 0.333 e. The van der Waals surface area contributed by atoms with Crippen molar-refractivity contribution in [3.05, 3.63) is 71.8 Å². The molecule has 0 aromatic heterocycles. The molecule has 0 aliphatic carbocycles. The van der Waals surface area contributed by atoms with E-state index < -0.39 is 11.9 Å². The molecule has 0 saturated carbocycles. The van der Waals surface area contributed by atoms with Crippen molar-refractivity contribution in [3.8, 4) is 6.07 Å². The average Bonchev–Trinajstić information content (AvgIpc) is 2.85. The fourth-order valence-corrected chi connectivity index (χ4v) is 2.30. The highest BCUT2D eigenvalue weighted by Gasteiger charge is 2.37. The van der Waals surface area contributed by atoms with E-state index in [1.807, 2.05) is 66.7 Å². The normalized spacial score (nSPS) is 17.8. The Morgan fingerprint density at radius 2 is 1.45 bits per heavy atom. The Morgan fingerprint density at radius 3 is 2.00 bits per heavy atom. The summed E-state index contributed by atoms with van der Waals surface area (Å²) in [4.78, 5) is 11.9. The zero-order valence-electron chi connectivity index (χ0n) is 10.6. The van der Waals surface area contributed by atoms with Gasteiger partial charge in [-0.25, -0.2) is 4.79 Å². The van der Waals surface area contributed by atoms with Crippen molar-refractivity contribution < 1.29 is 9.53 Å². The van der Waals surface area contributed by atoms with E-state index in [2.05, 4.69) is 0 Å². The van der Waals surface area contributed by atoms with Crippen LogP contribution in [0, 0.1) is 17.2 Å². The highest BCUT2D eigenvalue weighted by Crippen LogP contribution is 2.39. The number of benzene rings is 2. The number of cyclic esters (lactones) is 1. The van der Waals surface area contributed by atoms with Crippen molar-refractivity contribution >= 4 is 17.3 Å². The van der Waals surface area contributed by atoms with Crippen molar-refractivity contribution in [3.63, 3.8) is 0 Å². The first-order chi connectivity index (χ1) is 9.81. The summed E-state index contributed by atoms with van der Waals surface area (Å²) in [6, 6.07) is 20.8. The molecule has 0 saturated heterocycles. The third-order valence-electron chi connectivity index (χ3n) is 3.22. The zero-order chi connectivity index (χ0) is 13.9. The number of carbonyl (C=O) groups excluding carboxylic acids is 1. The number of ether oxygens (including phenoxy) is 1. The van der Waals surface area contributed by atoms with E-state index in [4.69, 9.17) is 4.74 Å². The van der Waals surface area contributed by atoms with Gasteiger partial charge >= 0.3 is 5.97 Å². The van der Waals surface area contributed by atoms with Crippen LogP contribution in [0.2, 0.25) is 0 Å². The van der Waals surface area contributed by atoms with Crippen molar-refractivity contribution in [1.29, 1.82) is 5.26 Å². The van der Waals surface area contributed by atoms with Crippen molar-refractivity contribution in [2.24, 2.45) is 5.92 Å². The smallest absolute Gasteiger partial charge is 0.333 e. The largest absolute Gasteiger partial charge is 0.424 e. The molecule has 2 aromatic rings. The van der Waals surface area contributed by atoms with Crippen molar-refractivity contribution in [2.45, 2.75) is 0 Å². The highest BCUT2D eigenvalue weighted by atomic mass is 16.5. The first kappa shape index (κ1) is 12.2. The lowest BCUT2D eigenvalue weighted by Gasteiger charge is -2.06. The molecule has 1 heterocycles. The van der Waals surface area contributed by atoms with Gasteiger partial charge in [-0.2, -0.15) is 5.26 Å². The molecule has 1 aliphatic rings. The van der Waals surface area contributed by atoms with Crippen LogP contribution < -0.4 is 0 Å². The summed E-state index contributed by atoms with van der Waals surface area (Å²) in [5.74, 6) is -0.897. The van der Waals surface area contributed by atoms with Crippen LogP contribution in [0.15, 0.2) is 60.7 Å². The summed E-state index contributed by atoms with van der Waals surface area (Å²) in [7, 11) is 0. The molecular formula is C17H11NO2. The monoisotopic (exact) mass is 261 g/mol. The van der Waals surface area contributed by atoms with Gasteiger partial charge in [0.25, 0.3) is 0 Å². The lowest BCUT2D eigenvalue weighted by molar-refractivity contribution is -0.136. The van der Waals surface area contributed by atoms with Gasteiger partial charge in [-0.05, 0) is 5.56 Å². The minimum absolute atomic E-state index is 0.480. The molecule has 0 amide bonds. The lowest BCUT2D eigenvalue weighted by Crippen LogP contribution is -2.08. The Labute approximate surface area is 116 Å². The summed E-state index contributed by atoms with van der Waals surface area (Å²) in [5, 5.41) is 9.25. The summed E-state index contributed by atoms with van der Waals surface area (Å²) in [6.45, 7) is 0. The van der Waals surface area contributed by atoms with Crippen molar-refractivity contribution in [2.75, 3.05) is 0 Å². The van der Waals surface area contributed by atoms with Crippen LogP contribution in [-0.2, 0) is 9.53 Å². The molecule has 20 heavy (non-hydrogen) atoms. The van der Waals surface area contributed by atoms with Gasteiger partial charge in [-0.1, -0.05) is 60.7 Å². The Kier molecular flexibility index (Phi) is 3.06. The number of esters is 1. The molecular weight excluding hydrogens is 250 g/mol. The van der Waals surface area contributed by atoms with Crippen LogP contribution in [0.4, 0.5) is 0 Å². The molecule has 3 nitrogen and oxygen atoms in total. The quantitative estimate of drug-likeness (QED) is 0.780. The van der Waals surface area contributed by atoms with E-state index in [1.54, 1.807) is 0 Å².